The van der Waals surface area contributed by atoms with E-state index in [0.717, 1.165) is 79.1 Å². The SMILES string of the molecule is Cc1cc2c3c(c1)Oc1cc(N(c4ccc(C(C)(C)C)cc4)c4ccc(C(C)(C)C)cc4)ccc1B3c1ccc(N(c3ccc(C(C)(C)C)cc3)c3ccc(C(C)(C)C)cc3)cc1O2. The first-order valence-corrected chi connectivity index (χ1v) is 22.9. The molecule has 7 aromatic rings. The van der Waals surface area contributed by atoms with Gasteiger partial charge in [0.1, 0.15) is 23.0 Å². The van der Waals surface area contributed by atoms with Crippen molar-refractivity contribution in [2.75, 3.05) is 9.80 Å². The molecule has 0 saturated heterocycles. The van der Waals surface area contributed by atoms with Gasteiger partial charge < -0.3 is 19.3 Å². The first kappa shape index (κ1) is 43.1. The van der Waals surface area contributed by atoms with Crippen LogP contribution in [0.3, 0.4) is 0 Å². The van der Waals surface area contributed by atoms with Crippen molar-refractivity contribution < 1.29 is 9.47 Å². The Kier molecular flexibility index (Phi) is 10.4. The van der Waals surface area contributed by atoms with E-state index in [4.69, 9.17) is 9.47 Å². The van der Waals surface area contributed by atoms with Gasteiger partial charge in [-0.05, 0) is 140 Å². The summed E-state index contributed by atoms with van der Waals surface area (Å²) in [6.07, 6.45) is 0. The molecule has 7 aromatic carbocycles. The molecule has 0 amide bonds. The lowest BCUT2D eigenvalue weighted by atomic mass is 9.35. The number of hydrogen-bond donors (Lipinski definition) is 0. The highest BCUT2D eigenvalue weighted by Crippen LogP contribution is 2.43. The average molecular weight is 843 g/mol. The van der Waals surface area contributed by atoms with E-state index in [1.54, 1.807) is 0 Å². The molecule has 64 heavy (non-hydrogen) atoms. The number of benzene rings is 7. The first-order chi connectivity index (χ1) is 30.1. The molecule has 5 heteroatoms. The Morgan fingerprint density at radius 2 is 0.594 bits per heavy atom. The molecular weight excluding hydrogens is 779 g/mol. The monoisotopic (exact) mass is 842 g/mol. The second-order valence-corrected chi connectivity index (χ2v) is 22.1. The predicted molar refractivity (Wildman–Crippen MR) is 273 cm³/mol. The van der Waals surface area contributed by atoms with Crippen LogP contribution in [0, 0.1) is 6.92 Å². The van der Waals surface area contributed by atoms with Crippen LogP contribution in [-0.2, 0) is 21.7 Å². The van der Waals surface area contributed by atoms with Gasteiger partial charge in [0.15, 0.2) is 0 Å². The zero-order valence-corrected chi connectivity index (χ0v) is 40.1. The summed E-state index contributed by atoms with van der Waals surface area (Å²) in [5.41, 5.74) is 16.3. The van der Waals surface area contributed by atoms with Gasteiger partial charge in [-0.2, -0.15) is 0 Å². The highest BCUT2D eigenvalue weighted by Gasteiger charge is 2.41. The molecule has 0 fully saturated rings. The van der Waals surface area contributed by atoms with Gasteiger partial charge in [0, 0.05) is 51.7 Å². The van der Waals surface area contributed by atoms with Crippen LogP contribution in [-0.4, -0.2) is 6.71 Å². The third-order valence-electron chi connectivity index (χ3n) is 13.1. The molecule has 2 aliphatic rings. The molecule has 0 bridgehead atoms. The minimum absolute atomic E-state index is 0.0518. The maximum absolute atomic E-state index is 6.94. The third-order valence-corrected chi connectivity index (χ3v) is 13.1. The van der Waals surface area contributed by atoms with E-state index in [2.05, 4.69) is 245 Å². The van der Waals surface area contributed by atoms with E-state index in [-0.39, 0.29) is 28.4 Å². The number of hydrogen-bond acceptors (Lipinski definition) is 4. The van der Waals surface area contributed by atoms with Crippen LogP contribution in [0.1, 0.15) is 111 Å². The van der Waals surface area contributed by atoms with Gasteiger partial charge in [0.25, 0.3) is 6.71 Å². The fourth-order valence-electron chi connectivity index (χ4n) is 9.22. The number of nitrogens with zero attached hydrogens (tertiary/aromatic N) is 2. The molecule has 0 saturated carbocycles. The Labute approximate surface area is 383 Å². The fraction of sp³-hybridized carbons (Fsp3) is 0.288. The van der Waals surface area contributed by atoms with E-state index in [0.29, 0.717) is 0 Å². The molecule has 0 N–H and O–H groups in total. The maximum Gasteiger partial charge on any atom is 0.260 e. The first-order valence-electron chi connectivity index (χ1n) is 22.9. The number of rotatable bonds is 6. The smallest absolute Gasteiger partial charge is 0.260 e. The Balaban J connectivity index is 1.16. The van der Waals surface area contributed by atoms with Crippen molar-refractivity contribution in [3.63, 3.8) is 0 Å². The normalized spacial score (nSPS) is 13.3. The highest BCUT2D eigenvalue weighted by molar-refractivity contribution is 6.98. The lowest BCUT2D eigenvalue weighted by molar-refractivity contribution is 0.464. The number of anilines is 6. The molecule has 0 aromatic heterocycles. The predicted octanol–water partition coefficient (Wildman–Crippen LogP) is 14.9. The topological polar surface area (TPSA) is 24.9 Å². The van der Waals surface area contributed by atoms with E-state index >= 15 is 0 Å². The number of ether oxygens (including phenoxy) is 2. The van der Waals surface area contributed by atoms with E-state index in [1.807, 2.05) is 0 Å². The maximum atomic E-state index is 6.94. The number of fused-ring (bicyclic) bond motifs is 4. The largest absolute Gasteiger partial charge is 0.458 e. The Bertz CT molecular complexity index is 2540. The molecule has 0 unspecified atom stereocenters. The van der Waals surface area contributed by atoms with Crippen LogP contribution in [0.2, 0.25) is 0 Å². The van der Waals surface area contributed by atoms with Gasteiger partial charge >= 0.3 is 0 Å². The molecule has 9 rings (SSSR count). The van der Waals surface area contributed by atoms with Crippen LogP contribution in [0.25, 0.3) is 0 Å². The lowest BCUT2D eigenvalue weighted by Gasteiger charge is -2.35. The van der Waals surface area contributed by atoms with E-state index in [1.165, 1.54) is 22.3 Å². The van der Waals surface area contributed by atoms with Crippen molar-refractivity contribution in [3.05, 3.63) is 173 Å². The molecule has 0 atom stereocenters. The van der Waals surface area contributed by atoms with E-state index in [9.17, 15) is 0 Å². The van der Waals surface area contributed by atoms with Crippen molar-refractivity contribution in [2.24, 2.45) is 0 Å². The van der Waals surface area contributed by atoms with Gasteiger partial charge in [0.2, 0.25) is 0 Å². The van der Waals surface area contributed by atoms with Gasteiger partial charge in [-0.3, -0.25) is 0 Å². The van der Waals surface area contributed by atoms with Crippen molar-refractivity contribution in [1.29, 1.82) is 0 Å². The molecule has 2 aliphatic heterocycles. The molecule has 0 radical (unpaired) electrons. The van der Waals surface area contributed by atoms with Crippen molar-refractivity contribution >= 4 is 57.2 Å². The zero-order chi connectivity index (χ0) is 45.5. The molecule has 0 aliphatic carbocycles. The van der Waals surface area contributed by atoms with Gasteiger partial charge in [-0.15, -0.1) is 0 Å². The summed E-state index contributed by atoms with van der Waals surface area (Å²) >= 11 is 0. The molecular formula is C59H63BN2O2. The second kappa shape index (κ2) is 15.5. The fourth-order valence-corrected chi connectivity index (χ4v) is 9.22. The molecule has 324 valence electrons. The minimum Gasteiger partial charge on any atom is -0.458 e. The van der Waals surface area contributed by atoms with Crippen LogP contribution in [0.5, 0.6) is 23.0 Å². The summed E-state index contributed by atoms with van der Waals surface area (Å²) in [5.74, 6) is 3.39. The standard InChI is InChI=1S/C59H63BN2O2/c1-38-34-53-55-54(35-38)64-52-37-48(62(45-26-18-41(19-27-45)58(8,9)10)46-28-20-42(21-29-46)59(11,12)13)31-33-50(52)60(55)49-32-30-47(36-51(49)63-53)61(43-22-14-39(15-23-43)56(2,3)4)44-24-16-40(17-25-44)57(5,6)7/h14-37H,1-13H3. The van der Waals surface area contributed by atoms with Gasteiger partial charge in [0.05, 0.1) is 0 Å². The summed E-state index contributed by atoms with van der Waals surface area (Å²) < 4.78 is 13.9. The van der Waals surface area contributed by atoms with Crippen molar-refractivity contribution in [2.45, 2.75) is 112 Å². The summed E-state index contributed by atoms with van der Waals surface area (Å²) in [6, 6.07) is 53.9. The minimum atomic E-state index is -0.0719. The van der Waals surface area contributed by atoms with Crippen LogP contribution in [0.4, 0.5) is 34.1 Å². The number of aryl methyl sites for hydroxylation is 1. The zero-order valence-electron chi connectivity index (χ0n) is 40.1. The van der Waals surface area contributed by atoms with Crippen LogP contribution < -0.4 is 35.7 Å². The van der Waals surface area contributed by atoms with Crippen LogP contribution >= 0.6 is 0 Å². The van der Waals surface area contributed by atoms with Gasteiger partial charge in [-0.1, -0.05) is 144 Å². The molecule has 0 spiro atoms. The van der Waals surface area contributed by atoms with Crippen molar-refractivity contribution in [1.82, 2.24) is 0 Å². The average Bonchev–Trinajstić information content (AvgIpc) is 3.23. The van der Waals surface area contributed by atoms with Crippen LogP contribution in [0.15, 0.2) is 146 Å². The summed E-state index contributed by atoms with van der Waals surface area (Å²) in [6.45, 7) is 29.2. The Hall–Kier alpha value is -6.20. The lowest BCUT2D eigenvalue weighted by Crippen LogP contribution is -2.57. The Morgan fingerprint density at radius 1 is 0.328 bits per heavy atom. The van der Waals surface area contributed by atoms with Crippen molar-refractivity contribution in [3.8, 4) is 23.0 Å². The molecule has 2 heterocycles. The van der Waals surface area contributed by atoms with Gasteiger partial charge in [-0.25, -0.2) is 0 Å². The highest BCUT2D eigenvalue weighted by atomic mass is 16.5. The molecule has 4 nitrogen and oxygen atoms in total. The summed E-state index contributed by atoms with van der Waals surface area (Å²) in [4.78, 5) is 4.70. The summed E-state index contributed by atoms with van der Waals surface area (Å²) in [7, 11) is 0. The van der Waals surface area contributed by atoms with E-state index < -0.39 is 0 Å². The quantitative estimate of drug-likeness (QED) is 0.156. The Morgan fingerprint density at radius 3 is 0.859 bits per heavy atom. The second-order valence-electron chi connectivity index (χ2n) is 22.1. The summed E-state index contributed by atoms with van der Waals surface area (Å²) in [5, 5.41) is 0. The third kappa shape index (κ3) is 8.11.